The number of fused-ring (bicyclic) bond motifs is 1. The summed E-state index contributed by atoms with van der Waals surface area (Å²) in [7, 11) is -3.42. The first-order valence-corrected chi connectivity index (χ1v) is 9.87. The summed E-state index contributed by atoms with van der Waals surface area (Å²) < 4.78 is 25.6. The van der Waals surface area contributed by atoms with Crippen LogP contribution in [0.2, 0.25) is 0 Å². The first-order chi connectivity index (χ1) is 11.8. The van der Waals surface area contributed by atoms with Crippen molar-refractivity contribution in [3.05, 3.63) is 41.5 Å². The zero-order valence-electron chi connectivity index (χ0n) is 14.4. The third-order valence-electron chi connectivity index (χ3n) is 4.12. The lowest BCUT2D eigenvalue weighted by Crippen LogP contribution is -2.29. The van der Waals surface area contributed by atoms with Crippen molar-refractivity contribution in [3.8, 4) is 0 Å². The Morgan fingerprint density at radius 3 is 2.80 bits per heavy atom. The van der Waals surface area contributed by atoms with Gasteiger partial charge in [0.1, 0.15) is 12.2 Å². The molecule has 0 fully saturated rings. The van der Waals surface area contributed by atoms with Crippen molar-refractivity contribution in [2.45, 2.75) is 19.8 Å². The molecule has 0 aliphatic carbocycles. The molecule has 2 aromatic rings. The van der Waals surface area contributed by atoms with Crippen molar-refractivity contribution >= 4 is 21.6 Å². The van der Waals surface area contributed by atoms with Crippen LogP contribution in [-0.4, -0.2) is 48.9 Å². The number of carbonyl (C=O) groups excluding carboxylic acids is 1. The molecule has 1 amide bonds. The highest BCUT2D eigenvalue weighted by molar-refractivity contribution is 7.92. The topological polar surface area (TPSA) is 108 Å². The maximum atomic E-state index is 12.3. The maximum absolute atomic E-state index is 12.3. The summed E-state index contributed by atoms with van der Waals surface area (Å²) in [6.45, 7) is 4.86. The first-order valence-electron chi connectivity index (χ1n) is 8.02. The molecule has 8 nitrogen and oxygen atoms in total. The smallest absolute Gasteiger partial charge is 0.251 e. The molecule has 0 saturated carbocycles. The van der Waals surface area contributed by atoms with E-state index in [0.29, 0.717) is 29.5 Å². The number of carbonyl (C=O) groups is 1. The molecule has 0 radical (unpaired) electrons. The van der Waals surface area contributed by atoms with Crippen molar-refractivity contribution in [2.75, 3.05) is 23.7 Å². The van der Waals surface area contributed by atoms with Gasteiger partial charge in [0.25, 0.3) is 5.91 Å². The number of aromatic amines is 1. The van der Waals surface area contributed by atoms with Gasteiger partial charge in [-0.05, 0) is 29.7 Å². The molecule has 2 heterocycles. The van der Waals surface area contributed by atoms with E-state index in [1.54, 1.807) is 18.2 Å². The summed E-state index contributed by atoms with van der Waals surface area (Å²) in [6.07, 6.45) is 2.56. The summed E-state index contributed by atoms with van der Waals surface area (Å²) in [4.78, 5) is 16.5. The molecule has 0 saturated heterocycles. The quantitative estimate of drug-likeness (QED) is 0.827. The minimum absolute atomic E-state index is 0.175. The molecule has 3 rings (SSSR count). The Bertz CT molecular complexity index is 877. The van der Waals surface area contributed by atoms with Gasteiger partial charge in [-0.1, -0.05) is 13.8 Å². The van der Waals surface area contributed by atoms with Gasteiger partial charge in [-0.3, -0.25) is 14.2 Å². The summed E-state index contributed by atoms with van der Waals surface area (Å²) >= 11 is 0. The average Bonchev–Trinajstić information content (AvgIpc) is 3.18. The second-order valence-corrected chi connectivity index (χ2v) is 8.50. The van der Waals surface area contributed by atoms with Crippen molar-refractivity contribution < 1.29 is 13.2 Å². The van der Waals surface area contributed by atoms with E-state index in [1.807, 2.05) is 13.8 Å². The van der Waals surface area contributed by atoms with Crippen molar-refractivity contribution in [2.24, 2.45) is 5.92 Å². The van der Waals surface area contributed by atoms with Crippen LogP contribution < -0.4 is 9.62 Å². The van der Waals surface area contributed by atoms with E-state index in [0.717, 1.165) is 5.56 Å². The third-order valence-corrected chi connectivity index (χ3v) is 5.26. The van der Waals surface area contributed by atoms with Gasteiger partial charge < -0.3 is 5.32 Å². The minimum Gasteiger partial charge on any atom is -0.352 e. The molecule has 1 atom stereocenters. The molecule has 1 aliphatic heterocycles. The Balaban J connectivity index is 1.99. The van der Waals surface area contributed by atoms with E-state index in [4.69, 9.17) is 0 Å². The number of amides is 1. The molecule has 1 unspecified atom stereocenters. The molecule has 25 heavy (non-hydrogen) atoms. The number of nitrogens with one attached hydrogen (secondary N) is 2. The number of aromatic nitrogens is 3. The predicted octanol–water partition coefficient (Wildman–Crippen LogP) is 1.10. The van der Waals surface area contributed by atoms with Gasteiger partial charge in [0.05, 0.1) is 17.9 Å². The van der Waals surface area contributed by atoms with Crippen molar-refractivity contribution in [1.29, 1.82) is 0 Å². The number of anilines is 1. The fourth-order valence-electron chi connectivity index (χ4n) is 2.89. The van der Waals surface area contributed by atoms with E-state index < -0.39 is 10.0 Å². The Morgan fingerprint density at radius 2 is 2.20 bits per heavy atom. The highest BCUT2D eigenvalue weighted by atomic mass is 32.2. The van der Waals surface area contributed by atoms with Crippen LogP contribution in [0.25, 0.3) is 0 Å². The lowest BCUT2D eigenvalue weighted by molar-refractivity contribution is 0.0949. The van der Waals surface area contributed by atoms with Crippen LogP contribution in [0.5, 0.6) is 0 Å². The number of hydrogen-bond donors (Lipinski definition) is 2. The van der Waals surface area contributed by atoms with Gasteiger partial charge in [-0.2, -0.15) is 5.10 Å². The largest absolute Gasteiger partial charge is 0.352 e. The van der Waals surface area contributed by atoms with Crippen LogP contribution >= 0.6 is 0 Å². The van der Waals surface area contributed by atoms with E-state index in [9.17, 15) is 13.2 Å². The van der Waals surface area contributed by atoms with Gasteiger partial charge >= 0.3 is 0 Å². The Kier molecular flexibility index (Phi) is 4.51. The predicted molar refractivity (Wildman–Crippen MR) is 94.0 cm³/mol. The molecule has 134 valence electrons. The van der Waals surface area contributed by atoms with E-state index in [-0.39, 0.29) is 18.4 Å². The number of nitrogens with zero attached hydrogens (tertiary/aromatic N) is 3. The Labute approximate surface area is 146 Å². The second-order valence-electron chi connectivity index (χ2n) is 6.59. The molecule has 9 heteroatoms. The molecule has 0 bridgehead atoms. The number of benzene rings is 1. The van der Waals surface area contributed by atoms with E-state index >= 15 is 0 Å². The van der Waals surface area contributed by atoms with Gasteiger partial charge in [-0.25, -0.2) is 13.4 Å². The lowest BCUT2D eigenvalue weighted by atomic mass is 9.98. The molecule has 0 spiro atoms. The van der Waals surface area contributed by atoms with Crippen molar-refractivity contribution in [1.82, 2.24) is 20.5 Å². The lowest BCUT2D eigenvalue weighted by Gasteiger charge is -2.16. The normalized spacial score (nSPS) is 17.0. The van der Waals surface area contributed by atoms with Crippen LogP contribution in [-0.2, 0) is 10.0 Å². The highest BCUT2D eigenvalue weighted by Crippen LogP contribution is 2.40. The average molecular weight is 363 g/mol. The van der Waals surface area contributed by atoms with Crippen LogP contribution in [0.3, 0.4) is 0 Å². The Morgan fingerprint density at radius 1 is 1.44 bits per heavy atom. The van der Waals surface area contributed by atoms with E-state index in [2.05, 4.69) is 20.5 Å². The number of hydrogen-bond acceptors (Lipinski definition) is 5. The van der Waals surface area contributed by atoms with Gasteiger partial charge in [0, 0.05) is 18.7 Å². The fourth-order valence-corrected chi connectivity index (χ4v) is 3.84. The van der Waals surface area contributed by atoms with Crippen LogP contribution in [0.4, 0.5) is 5.69 Å². The zero-order valence-corrected chi connectivity index (χ0v) is 15.2. The van der Waals surface area contributed by atoms with Crippen LogP contribution in [0.15, 0.2) is 24.5 Å². The molecule has 1 aliphatic rings. The summed E-state index contributed by atoms with van der Waals surface area (Å²) in [5, 5.41) is 9.52. The summed E-state index contributed by atoms with van der Waals surface area (Å²) in [6, 6.07) is 5.07. The van der Waals surface area contributed by atoms with Crippen molar-refractivity contribution in [3.63, 3.8) is 0 Å². The molecular weight excluding hydrogens is 342 g/mol. The first kappa shape index (κ1) is 17.4. The molecular formula is C16H21N5O3S. The second kappa shape index (κ2) is 6.47. The highest BCUT2D eigenvalue weighted by Gasteiger charge is 2.36. The molecule has 1 aromatic heterocycles. The third kappa shape index (κ3) is 3.51. The maximum Gasteiger partial charge on any atom is 0.251 e. The number of rotatable bonds is 5. The zero-order chi connectivity index (χ0) is 18.2. The van der Waals surface area contributed by atoms with Crippen LogP contribution in [0.1, 0.15) is 41.5 Å². The van der Waals surface area contributed by atoms with Gasteiger partial charge in [0.2, 0.25) is 10.0 Å². The van der Waals surface area contributed by atoms with Crippen LogP contribution in [0, 0.1) is 5.92 Å². The summed E-state index contributed by atoms with van der Waals surface area (Å²) in [5.74, 6) is 0.462. The number of H-pyrrole nitrogens is 1. The molecule has 1 aromatic carbocycles. The number of sulfonamides is 1. The fraction of sp³-hybridized carbons (Fsp3) is 0.438. The van der Waals surface area contributed by atoms with Gasteiger partial charge in [0.15, 0.2) is 0 Å². The molecule has 2 N–H and O–H groups in total. The summed E-state index contributed by atoms with van der Waals surface area (Å²) in [5.41, 5.74) is 1.82. The van der Waals surface area contributed by atoms with Gasteiger partial charge in [-0.15, -0.1) is 0 Å². The monoisotopic (exact) mass is 363 g/mol. The Hall–Kier alpha value is -2.42. The SMILES string of the molecule is CC(C)CNC(=O)c1ccc2c(c1)C(c1ncn[nH]1)CN2S(C)(=O)=O. The van der Waals surface area contributed by atoms with E-state index in [1.165, 1.54) is 16.9 Å². The minimum atomic E-state index is -3.42. The standard InChI is InChI=1S/C16H21N5O3S/c1-10(2)7-17-16(22)11-4-5-14-12(6-11)13(15-18-9-19-20-15)8-21(14)25(3,23)24/h4-6,9-10,13H,7-8H2,1-3H3,(H,17,22)(H,18,19,20).